The maximum atomic E-state index is 14.6. The average Bonchev–Trinajstić information content (AvgIpc) is 3.68. The van der Waals surface area contributed by atoms with Crippen molar-refractivity contribution in [2.75, 3.05) is 36.5 Å². The lowest BCUT2D eigenvalue weighted by Crippen LogP contribution is -2.44. The van der Waals surface area contributed by atoms with Gasteiger partial charge >= 0.3 is 12.1 Å². The molecule has 4 N–H and O–H groups in total. The van der Waals surface area contributed by atoms with Crippen molar-refractivity contribution >= 4 is 17.5 Å². The van der Waals surface area contributed by atoms with Crippen LogP contribution >= 0.6 is 0 Å². The summed E-state index contributed by atoms with van der Waals surface area (Å²) in [5.41, 5.74) is 9.87. The van der Waals surface area contributed by atoms with E-state index < -0.39 is 18.0 Å². The van der Waals surface area contributed by atoms with Crippen molar-refractivity contribution in [3.63, 3.8) is 0 Å². The molecule has 6 rings (SSSR count). The quantitative estimate of drug-likeness (QED) is 0.269. The van der Waals surface area contributed by atoms with E-state index in [4.69, 9.17) is 25.5 Å². The van der Waals surface area contributed by atoms with Crippen LogP contribution in [0.1, 0.15) is 56.9 Å². The fourth-order valence-corrected chi connectivity index (χ4v) is 6.53. The second-order valence-electron chi connectivity index (χ2n) is 12.2. The van der Waals surface area contributed by atoms with E-state index in [9.17, 15) is 22.8 Å². The Bertz CT molecular complexity index is 1540. The maximum absolute atomic E-state index is 14.6. The monoisotopic (exact) mass is 642 g/mol. The Morgan fingerprint density at radius 1 is 1.09 bits per heavy atom. The first-order valence-corrected chi connectivity index (χ1v) is 15.6. The van der Waals surface area contributed by atoms with Crippen molar-refractivity contribution in [3.8, 4) is 23.0 Å². The Labute approximate surface area is 264 Å². The number of rotatable bonds is 6. The number of nitrogens with zero attached hydrogens (tertiary/aromatic N) is 4. The number of carbonyl (C=O) groups is 1. The van der Waals surface area contributed by atoms with Crippen molar-refractivity contribution < 1.29 is 32.2 Å². The lowest BCUT2D eigenvalue weighted by atomic mass is 9.86. The molecule has 3 heterocycles. The van der Waals surface area contributed by atoms with Gasteiger partial charge < -0.3 is 25.8 Å². The zero-order valence-corrected chi connectivity index (χ0v) is 25.4. The van der Waals surface area contributed by atoms with E-state index in [1.807, 2.05) is 16.8 Å². The van der Waals surface area contributed by atoms with E-state index in [1.54, 1.807) is 6.07 Å². The summed E-state index contributed by atoms with van der Waals surface area (Å²) in [6.45, 7) is 3.70. The van der Waals surface area contributed by atoms with Crippen LogP contribution < -0.4 is 16.0 Å². The van der Waals surface area contributed by atoms with Crippen LogP contribution in [0.2, 0.25) is 0 Å². The number of nitrogens with one attached hydrogen (secondary N) is 1. The van der Waals surface area contributed by atoms with Gasteiger partial charge in [-0.05, 0) is 87.3 Å². The number of carboxylic acid groups (broad SMARTS) is 1. The Hall–Kier alpha value is -4.15. The van der Waals surface area contributed by atoms with Gasteiger partial charge in [-0.1, -0.05) is 12.5 Å². The van der Waals surface area contributed by atoms with Crippen LogP contribution in [0.25, 0.3) is 16.9 Å². The molecule has 2 aromatic carbocycles. The molecule has 3 aliphatic rings. The fraction of sp³-hybridized carbons (Fsp3) is 0.485. The Morgan fingerprint density at radius 3 is 2.37 bits per heavy atom. The van der Waals surface area contributed by atoms with Crippen LogP contribution in [0.3, 0.4) is 0 Å². The van der Waals surface area contributed by atoms with Crippen LogP contribution in [-0.2, 0) is 9.53 Å². The van der Waals surface area contributed by atoms with Crippen LogP contribution in [0.15, 0.2) is 48.5 Å². The van der Waals surface area contributed by atoms with Crippen LogP contribution in [0, 0.1) is 23.1 Å². The van der Waals surface area contributed by atoms with Crippen molar-refractivity contribution in [2.24, 2.45) is 11.7 Å². The number of hydrogen-bond acceptors (Lipinski definition) is 7. The van der Waals surface area contributed by atoms with Gasteiger partial charge in [-0.25, -0.2) is 13.9 Å². The molecule has 0 unspecified atom stereocenters. The molecule has 0 amide bonds. The van der Waals surface area contributed by atoms with Gasteiger partial charge in [0, 0.05) is 49.6 Å². The second-order valence-corrected chi connectivity index (χ2v) is 12.2. The number of ether oxygens (including phenoxy) is 1. The lowest BCUT2D eigenvalue weighted by molar-refractivity contribution is -0.192. The van der Waals surface area contributed by atoms with Gasteiger partial charge in [0.05, 0.1) is 22.5 Å². The first-order chi connectivity index (χ1) is 22.0. The number of anilines is 2. The first kappa shape index (κ1) is 33.2. The van der Waals surface area contributed by atoms with Gasteiger partial charge in [0.1, 0.15) is 17.7 Å². The summed E-state index contributed by atoms with van der Waals surface area (Å²) >= 11 is 0. The minimum Gasteiger partial charge on any atom is -0.475 e. The van der Waals surface area contributed by atoms with Gasteiger partial charge in [-0.2, -0.15) is 18.4 Å². The van der Waals surface area contributed by atoms with E-state index in [2.05, 4.69) is 34.5 Å². The molecule has 2 atom stereocenters. The highest BCUT2D eigenvalue weighted by Crippen LogP contribution is 2.37. The highest BCUT2D eigenvalue weighted by atomic mass is 19.4. The van der Waals surface area contributed by atoms with E-state index in [0.29, 0.717) is 11.5 Å². The Kier molecular flexibility index (Phi) is 10.2. The topological polar surface area (TPSA) is 129 Å². The summed E-state index contributed by atoms with van der Waals surface area (Å²) in [6.07, 6.45) is 3.87. The number of piperidine rings is 1. The molecule has 2 aliphatic heterocycles. The number of nitrogens with two attached hydrogens (primary N) is 1. The van der Waals surface area contributed by atoms with Gasteiger partial charge in [-0.15, -0.1) is 5.10 Å². The third kappa shape index (κ3) is 7.97. The standard InChI is InChI=1S/C31H37FN6O.C2HF3O2/c32-28-18-23(5-6-24(28)20-33)29-19-30(35-21-22-3-1-4-25(34)17-22)36-38(29)27-9-7-26(8-10-27)37-14-12-31(13-15-37)11-2-16-39-31;3-2(4,5)1(6)7/h5-10,18-19,22,25H,1-4,11-17,21,34H2,(H,35,36);(H,6,7)/t22-,25-;/m0./s1. The number of halogens is 4. The minimum atomic E-state index is -5.08. The van der Waals surface area contributed by atoms with Crippen LogP contribution in [-0.4, -0.2) is 64.9 Å². The van der Waals surface area contributed by atoms with Crippen LogP contribution in [0.4, 0.5) is 29.1 Å². The summed E-state index contributed by atoms with van der Waals surface area (Å²) in [6, 6.07) is 17.3. The van der Waals surface area contributed by atoms with Gasteiger partial charge in [-0.3, -0.25) is 0 Å². The van der Waals surface area contributed by atoms with Crippen LogP contribution in [0.5, 0.6) is 0 Å². The molecular weight excluding hydrogens is 604 g/mol. The smallest absolute Gasteiger partial charge is 0.475 e. The lowest BCUT2D eigenvalue weighted by Gasteiger charge is -2.39. The van der Waals surface area contributed by atoms with Crippen molar-refractivity contribution in [2.45, 2.75) is 69.2 Å². The van der Waals surface area contributed by atoms with Gasteiger partial charge in [0.15, 0.2) is 0 Å². The van der Waals surface area contributed by atoms with E-state index in [-0.39, 0.29) is 17.2 Å². The number of aliphatic carboxylic acids is 1. The number of hydrogen-bond donors (Lipinski definition) is 3. The molecule has 46 heavy (non-hydrogen) atoms. The zero-order chi connectivity index (χ0) is 32.9. The molecule has 1 spiro atoms. The normalized spacial score (nSPS) is 20.9. The number of benzene rings is 2. The van der Waals surface area contributed by atoms with Gasteiger partial charge in [0.25, 0.3) is 0 Å². The first-order valence-electron chi connectivity index (χ1n) is 15.6. The summed E-state index contributed by atoms with van der Waals surface area (Å²) < 4.78 is 54.3. The summed E-state index contributed by atoms with van der Waals surface area (Å²) in [4.78, 5) is 11.3. The molecule has 13 heteroatoms. The highest BCUT2D eigenvalue weighted by molar-refractivity contribution is 5.73. The molecule has 3 aromatic rings. The molecule has 9 nitrogen and oxygen atoms in total. The number of alkyl halides is 3. The summed E-state index contributed by atoms with van der Waals surface area (Å²) in [7, 11) is 0. The van der Waals surface area contributed by atoms with Crippen molar-refractivity contribution in [1.82, 2.24) is 9.78 Å². The maximum Gasteiger partial charge on any atom is 0.490 e. The molecule has 0 bridgehead atoms. The predicted octanol–water partition coefficient (Wildman–Crippen LogP) is 6.26. The van der Waals surface area contributed by atoms with Gasteiger partial charge in [0.2, 0.25) is 0 Å². The third-order valence-electron chi connectivity index (χ3n) is 9.05. The number of carboxylic acids is 1. The predicted molar refractivity (Wildman–Crippen MR) is 165 cm³/mol. The van der Waals surface area contributed by atoms with E-state index in [1.165, 1.54) is 37.1 Å². The minimum absolute atomic E-state index is 0.0347. The Morgan fingerprint density at radius 2 is 1.78 bits per heavy atom. The molecule has 246 valence electrons. The highest BCUT2D eigenvalue weighted by Gasteiger charge is 2.39. The van der Waals surface area contributed by atoms with Crippen molar-refractivity contribution in [1.29, 1.82) is 5.26 Å². The molecular formula is C33H38F4N6O3. The molecule has 2 saturated heterocycles. The fourth-order valence-electron chi connectivity index (χ4n) is 6.53. The second kappa shape index (κ2) is 14.1. The molecule has 1 aromatic heterocycles. The van der Waals surface area contributed by atoms with E-state index >= 15 is 0 Å². The molecule has 0 radical (unpaired) electrons. The van der Waals surface area contributed by atoms with Crippen molar-refractivity contribution in [3.05, 3.63) is 59.9 Å². The third-order valence-corrected chi connectivity index (χ3v) is 9.05. The Balaban J connectivity index is 0.000000537. The molecule has 1 aliphatic carbocycles. The summed E-state index contributed by atoms with van der Waals surface area (Å²) in [5.74, 6) is -2.02. The SMILES string of the molecule is N#Cc1ccc(-c2cc(NC[C@H]3CCC[C@H](N)C3)nn2-c2ccc(N3CCC4(CCCO4)CC3)cc2)cc1F.O=C(O)C(F)(F)F. The number of nitriles is 1. The zero-order valence-electron chi connectivity index (χ0n) is 25.4. The summed E-state index contributed by atoms with van der Waals surface area (Å²) in [5, 5.41) is 24.7. The molecule has 1 saturated carbocycles. The van der Waals surface area contributed by atoms with E-state index in [0.717, 1.165) is 75.5 Å². The number of aromatic nitrogens is 2. The average molecular weight is 643 g/mol. The molecule has 3 fully saturated rings. The largest absolute Gasteiger partial charge is 0.490 e.